The highest BCUT2D eigenvalue weighted by atomic mass is 16.4. The lowest BCUT2D eigenvalue weighted by atomic mass is 9.93. The lowest BCUT2D eigenvalue weighted by Crippen LogP contribution is -2.17. The molecule has 2 N–H and O–H groups in total. The number of rotatable bonds is 3. The fourth-order valence-electron chi connectivity index (χ4n) is 2.63. The topological polar surface area (TPSA) is 80.0 Å². The van der Waals surface area contributed by atoms with Crippen molar-refractivity contribution in [3.8, 4) is 0 Å². The summed E-state index contributed by atoms with van der Waals surface area (Å²) in [6, 6.07) is 5.12. The zero-order chi connectivity index (χ0) is 14.1. The van der Waals surface area contributed by atoms with Crippen molar-refractivity contribution in [3.63, 3.8) is 0 Å². The van der Waals surface area contributed by atoms with Crippen LogP contribution < -0.4 is 5.32 Å². The molecular weight excluding hydrogens is 256 g/mol. The minimum absolute atomic E-state index is 0.0530. The van der Waals surface area contributed by atoms with Crippen molar-refractivity contribution >= 4 is 11.8 Å². The molecule has 0 radical (unpaired) electrons. The van der Waals surface area contributed by atoms with E-state index in [1.165, 1.54) is 11.6 Å². The maximum Gasteiger partial charge on any atom is 0.354 e. The molecule has 1 atom stereocenters. The molecule has 0 aromatic carbocycles. The van der Waals surface area contributed by atoms with Gasteiger partial charge in [-0.15, -0.1) is 0 Å². The second kappa shape index (κ2) is 4.96. The number of nitrogens with one attached hydrogen (secondary N) is 1. The summed E-state index contributed by atoms with van der Waals surface area (Å²) in [5.41, 5.74) is 2.35. The van der Waals surface area contributed by atoms with Crippen molar-refractivity contribution in [2.24, 2.45) is 7.05 Å². The largest absolute Gasteiger partial charge is 0.477 e. The standard InChI is InChI=1S/C14H16N4O2/c1-18-8-9-10(4-2-5-11(9)17-18)15-13-7-3-6-12(16-13)14(19)20/h3,6-8,10H,2,4-5H2,1H3,(H,15,16)(H,19,20). The van der Waals surface area contributed by atoms with Crippen LogP contribution in [-0.2, 0) is 13.5 Å². The molecule has 1 aliphatic carbocycles. The maximum absolute atomic E-state index is 10.9. The number of pyridine rings is 1. The van der Waals surface area contributed by atoms with Gasteiger partial charge in [0.1, 0.15) is 5.82 Å². The quantitative estimate of drug-likeness (QED) is 0.893. The van der Waals surface area contributed by atoms with Gasteiger partial charge < -0.3 is 10.4 Å². The minimum Gasteiger partial charge on any atom is -0.477 e. The third-order valence-electron chi connectivity index (χ3n) is 3.51. The molecule has 6 nitrogen and oxygen atoms in total. The van der Waals surface area contributed by atoms with Crippen LogP contribution in [-0.4, -0.2) is 25.8 Å². The molecule has 2 aromatic rings. The molecule has 3 rings (SSSR count). The van der Waals surface area contributed by atoms with Crippen LogP contribution in [0.1, 0.15) is 40.6 Å². The first-order chi connectivity index (χ1) is 9.63. The van der Waals surface area contributed by atoms with Crippen LogP contribution in [0.4, 0.5) is 5.82 Å². The molecule has 0 saturated heterocycles. The van der Waals surface area contributed by atoms with Crippen molar-refractivity contribution in [2.75, 3.05) is 5.32 Å². The van der Waals surface area contributed by atoms with E-state index >= 15 is 0 Å². The lowest BCUT2D eigenvalue weighted by Gasteiger charge is -2.23. The molecule has 0 bridgehead atoms. The molecule has 20 heavy (non-hydrogen) atoms. The molecule has 1 unspecified atom stereocenters. The fraction of sp³-hybridized carbons (Fsp3) is 0.357. The fourth-order valence-corrected chi connectivity index (χ4v) is 2.63. The highest BCUT2D eigenvalue weighted by Gasteiger charge is 2.23. The third kappa shape index (κ3) is 2.36. The number of nitrogens with zero attached hydrogens (tertiary/aromatic N) is 3. The van der Waals surface area contributed by atoms with E-state index in [-0.39, 0.29) is 11.7 Å². The Morgan fingerprint density at radius 2 is 2.35 bits per heavy atom. The Morgan fingerprint density at radius 3 is 3.15 bits per heavy atom. The Bertz CT molecular complexity index is 650. The van der Waals surface area contributed by atoms with Crippen LogP contribution in [0.2, 0.25) is 0 Å². The van der Waals surface area contributed by atoms with Crippen LogP contribution >= 0.6 is 0 Å². The number of carboxylic acids is 1. The van der Waals surface area contributed by atoms with E-state index < -0.39 is 5.97 Å². The maximum atomic E-state index is 10.9. The summed E-state index contributed by atoms with van der Waals surface area (Å²) in [5.74, 6) is -0.425. The van der Waals surface area contributed by atoms with E-state index in [4.69, 9.17) is 5.11 Å². The molecule has 0 spiro atoms. The number of fused-ring (bicyclic) bond motifs is 1. The Hall–Kier alpha value is -2.37. The van der Waals surface area contributed by atoms with Crippen molar-refractivity contribution in [2.45, 2.75) is 25.3 Å². The van der Waals surface area contributed by atoms with Crippen LogP contribution in [0.25, 0.3) is 0 Å². The van der Waals surface area contributed by atoms with Gasteiger partial charge in [0.25, 0.3) is 0 Å². The first kappa shape index (κ1) is 12.7. The summed E-state index contributed by atoms with van der Waals surface area (Å²) < 4.78 is 1.83. The Morgan fingerprint density at radius 1 is 1.50 bits per heavy atom. The number of aromatic nitrogens is 3. The molecular formula is C14H16N4O2. The molecule has 0 amide bonds. The summed E-state index contributed by atoms with van der Waals surface area (Å²) in [6.45, 7) is 0. The summed E-state index contributed by atoms with van der Waals surface area (Å²) in [4.78, 5) is 15.1. The molecule has 0 aliphatic heterocycles. The van der Waals surface area contributed by atoms with Crippen molar-refractivity contribution in [1.82, 2.24) is 14.8 Å². The summed E-state index contributed by atoms with van der Waals surface area (Å²) in [5, 5.41) is 16.7. The number of carbonyl (C=O) groups is 1. The van der Waals surface area contributed by atoms with E-state index in [0.29, 0.717) is 5.82 Å². The number of aromatic carboxylic acids is 1. The first-order valence-corrected chi connectivity index (χ1v) is 6.63. The van der Waals surface area contributed by atoms with Gasteiger partial charge >= 0.3 is 5.97 Å². The van der Waals surface area contributed by atoms with Crippen LogP contribution in [0.3, 0.4) is 0 Å². The monoisotopic (exact) mass is 272 g/mol. The number of hydrogen-bond donors (Lipinski definition) is 2. The molecule has 1 aliphatic rings. The van der Waals surface area contributed by atoms with Gasteiger partial charge in [0.05, 0.1) is 11.7 Å². The molecule has 6 heteroatoms. The predicted octanol–water partition coefficient (Wildman–Crippen LogP) is 2.00. The molecule has 0 fully saturated rings. The van der Waals surface area contributed by atoms with Gasteiger partial charge in [0.15, 0.2) is 5.69 Å². The zero-order valence-electron chi connectivity index (χ0n) is 11.2. The van der Waals surface area contributed by atoms with E-state index in [1.807, 2.05) is 17.9 Å². The average Bonchev–Trinajstić information content (AvgIpc) is 2.80. The molecule has 2 heterocycles. The SMILES string of the molecule is Cn1cc2c(n1)CCCC2Nc1cccc(C(=O)O)n1. The third-order valence-corrected chi connectivity index (χ3v) is 3.51. The Kier molecular flexibility index (Phi) is 3.14. The number of aryl methyl sites for hydroxylation is 2. The highest BCUT2D eigenvalue weighted by Crippen LogP contribution is 2.31. The van der Waals surface area contributed by atoms with Crippen LogP contribution in [0.5, 0.6) is 0 Å². The summed E-state index contributed by atoms with van der Waals surface area (Å²) in [7, 11) is 1.92. The van der Waals surface area contributed by atoms with Crippen LogP contribution in [0, 0.1) is 0 Å². The highest BCUT2D eigenvalue weighted by molar-refractivity contribution is 5.85. The minimum atomic E-state index is -1.01. The normalized spacial score (nSPS) is 17.6. The van der Waals surface area contributed by atoms with Crippen molar-refractivity contribution in [1.29, 1.82) is 0 Å². The van der Waals surface area contributed by atoms with Gasteiger partial charge in [-0.1, -0.05) is 6.07 Å². The van der Waals surface area contributed by atoms with E-state index in [9.17, 15) is 4.79 Å². The lowest BCUT2D eigenvalue weighted by molar-refractivity contribution is 0.0690. The molecule has 2 aromatic heterocycles. The van der Waals surface area contributed by atoms with E-state index in [0.717, 1.165) is 25.0 Å². The smallest absolute Gasteiger partial charge is 0.354 e. The Labute approximate surface area is 116 Å². The van der Waals surface area contributed by atoms with Gasteiger partial charge in [0.2, 0.25) is 0 Å². The number of hydrogen-bond acceptors (Lipinski definition) is 4. The first-order valence-electron chi connectivity index (χ1n) is 6.63. The number of carboxylic acid groups (broad SMARTS) is 1. The van der Waals surface area contributed by atoms with Gasteiger partial charge in [-0.3, -0.25) is 4.68 Å². The molecule has 104 valence electrons. The van der Waals surface area contributed by atoms with Gasteiger partial charge in [-0.05, 0) is 31.4 Å². The number of anilines is 1. The van der Waals surface area contributed by atoms with E-state index in [1.54, 1.807) is 12.1 Å². The van der Waals surface area contributed by atoms with Gasteiger partial charge in [0, 0.05) is 18.8 Å². The summed E-state index contributed by atoms with van der Waals surface area (Å²) in [6.07, 6.45) is 5.09. The van der Waals surface area contributed by atoms with Crippen molar-refractivity contribution in [3.05, 3.63) is 41.3 Å². The van der Waals surface area contributed by atoms with E-state index in [2.05, 4.69) is 15.4 Å². The van der Waals surface area contributed by atoms with Crippen molar-refractivity contribution < 1.29 is 9.90 Å². The zero-order valence-corrected chi connectivity index (χ0v) is 11.2. The average molecular weight is 272 g/mol. The van der Waals surface area contributed by atoms with Gasteiger partial charge in [-0.25, -0.2) is 9.78 Å². The van der Waals surface area contributed by atoms with Crippen LogP contribution in [0.15, 0.2) is 24.4 Å². The second-order valence-corrected chi connectivity index (χ2v) is 5.01. The Balaban J connectivity index is 1.85. The predicted molar refractivity (Wildman–Crippen MR) is 73.7 cm³/mol. The molecule has 0 saturated carbocycles. The summed E-state index contributed by atoms with van der Waals surface area (Å²) >= 11 is 0. The van der Waals surface area contributed by atoms with Gasteiger partial charge in [-0.2, -0.15) is 5.10 Å². The second-order valence-electron chi connectivity index (χ2n) is 5.01.